The quantitative estimate of drug-likeness (QED) is 0.161. The van der Waals surface area contributed by atoms with Gasteiger partial charge < -0.3 is 22.2 Å². The average Bonchev–Trinajstić information content (AvgIpc) is 3.15. The van der Waals surface area contributed by atoms with Crippen LogP contribution in [0.5, 0.6) is 11.5 Å². The molecule has 0 aromatic heterocycles. The van der Waals surface area contributed by atoms with Crippen molar-refractivity contribution in [1.82, 2.24) is 4.58 Å². The normalized spacial score (nSPS) is 25.1. The Balaban J connectivity index is 0.00000244. The van der Waals surface area contributed by atoms with E-state index in [1.807, 2.05) is 26.8 Å². The fourth-order valence-corrected chi connectivity index (χ4v) is 15.1. The molecule has 0 amide bonds. The highest BCUT2D eigenvalue weighted by molar-refractivity contribution is 6.01. The van der Waals surface area contributed by atoms with Gasteiger partial charge in [0.05, 0.1) is 11.1 Å². The number of anilines is 1. The zero-order chi connectivity index (χ0) is 50.8. The second-order valence-electron chi connectivity index (χ2n) is 27.6. The van der Waals surface area contributed by atoms with E-state index < -0.39 is 5.97 Å². The largest absolute Gasteiger partial charge is 0.478 e. The maximum absolute atomic E-state index is 13.8. The highest BCUT2D eigenvalue weighted by atomic mass is 16.5. The van der Waals surface area contributed by atoms with Crippen LogP contribution in [0, 0.1) is 49.9 Å². The number of hydrogen-bond donors (Lipinski definition) is 1. The lowest BCUT2D eigenvalue weighted by atomic mass is 9.45. The number of rotatable bonds is 2. The van der Waals surface area contributed by atoms with Crippen molar-refractivity contribution in [3.8, 4) is 11.5 Å². The monoisotopic (exact) mass is 915 g/mol. The molecular formula is C62H94N2O3. The van der Waals surface area contributed by atoms with Crippen LogP contribution in [0.2, 0.25) is 0 Å². The minimum absolute atomic E-state index is 0. The Hall–Kier alpha value is -3.60. The molecule has 370 valence electrons. The van der Waals surface area contributed by atoms with E-state index in [2.05, 4.69) is 202 Å². The molecule has 5 heteroatoms. The van der Waals surface area contributed by atoms with E-state index in [0.29, 0.717) is 5.56 Å². The molecule has 5 aliphatic rings. The molecule has 0 fully saturated rings. The van der Waals surface area contributed by atoms with Gasteiger partial charge in [0.2, 0.25) is 5.36 Å². The molecule has 5 nitrogen and oxygen atoms in total. The fraction of sp³-hybridized carbons (Fsp3) is 0.661. The van der Waals surface area contributed by atoms with Crippen molar-refractivity contribution in [2.24, 2.45) is 21.7 Å². The first-order valence-corrected chi connectivity index (χ1v) is 25.4. The smallest absolute Gasteiger partial charge is 0.336 e. The molecule has 5 aliphatic heterocycles. The maximum Gasteiger partial charge on any atom is 0.336 e. The molecule has 8 rings (SSSR count). The van der Waals surface area contributed by atoms with E-state index in [9.17, 15) is 9.90 Å². The van der Waals surface area contributed by atoms with Gasteiger partial charge >= 0.3 is 5.97 Å². The van der Waals surface area contributed by atoms with Crippen molar-refractivity contribution in [1.29, 1.82) is 0 Å². The van der Waals surface area contributed by atoms with Crippen LogP contribution in [-0.4, -0.2) is 33.2 Å². The van der Waals surface area contributed by atoms with Crippen LogP contribution in [0.3, 0.4) is 0 Å². The zero-order valence-corrected chi connectivity index (χ0v) is 48.4. The molecule has 0 atom stereocenters. The number of ether oxygens (including phenoxy) is 1. The van der Waals surface area contributed by atoms with Crippen LogP contribution in [0.4, 0.5) is 5.69 Å². The number of fused-ring (bicyclic) bond motifs is 4. The summed E-state index contributed by atoms with van der Waals surface area (Å²) >= 11 is 0. The third-order valence-corrected chi connectivity index (χ3v) is 23.3. The van der Waals surface area contributed by atoms with E-state index >= 15 is 0 Å². The number of carboxylic acid groups (broad SMARTS) is 1. The third-order valence-electron chi connectivity index (χ3n) is 23.3. The van der Waals surface area contributed by atoms with Gasteiger partial charge in [0.1, 0.15) is 11.5 Å². The molecule has 67 heavy (non-hydrogen) atoms. The van der Waals surface area contributed by atoms with Crippen LogP contribution in [0.1, 0.15) is 240 Å². The number of nitrogens with zero attached hydrogens (tertiary/aromatic N) is 2. The predicted octanol–water partition coefficient (Wildman–Crippen LogP) is 14.8. The van der Waals surface area contributed by atoms with Crippen LogP contribution >= 0.6 is 0 Å². The molecule has 1 N–H and O–H groups in total. The zero-order valence-electron chi connectivity index (χ0n) is 48.4. The Labute approximate surface area is 409 Å². The van der Waals surface area contributed by atoms with Gasteiger partial charge in [0, 0.05) is 99.0 Å². The van der Waals surface area contributed by atoms with Gasteiger partial charge in [-0.1, -0.05) is 142 Å². The first kappa shape index (κ1) is 52.8. The molecule has 3 aromatic carbocycles. The van der Waals surface area contributed by atoms with Gasteiger partial charge in [-0.15, -0.1) is 0 Å². The molecule has 5 heterocycles. The van der Waals surface area contributed by atoms with Gasteiger partial charge in [-0.2, -0.15) is 0 Å². The SMILES string of the molecule is CC.Cc1ccc(C2=c3c(C)c4c5c(c3Oc3c2c(C)c2c6c3C(C)(C)C(C)(C)C(C)(C)N6C(C)(C)C(C)(C)C2(C)C)C(C)(C)C(C)(C)C(C)(C)[N+]=5C(C)(C)C(C)(C)C4(C)C)c(C(=O)O)c1.[CH3-]. The second-order valence-corrected chi connectivity index (χ2v) is 27.6. The Morgan fingerprint density at radius 1 is 0.552 bits per heavy atom. The number of aromatic carboxylic acids is 1. The van der Waals surface area contributed by atoms with Crippen molar-refractivity contribution in [3.63, 3.8) is 0 Å². The van der Waals surface area contributed by atoms with Crippen molar-refractivity contribution in [3.05, 3.63) is 91.8 Å². The highest BCUT2D eigenvalue weighted by Gasteiger charge is 2.72. The van der Waals surface area contributed by atoms with E-state index in [0.717, 1.165) is 39.0 Å². The summed E-state index contributed by atoms with van der Waals surface area (Å²) in [5, 5.41) is 13.7. The summed E-state index contributed by atoms with van der Waals surface area (Å²) in [7, 11) is 0. The molecular weight excluding hydrogens is 821 g/mol. The van der Waals surface area contributed by atoms with Gasteiger partial charge in [0.15, 0.2) is 11.1 Å². The molecule has 3 aromatic rings. The lowest BCUT2D eigenvalue weighted by molar-refractivity contribution is -0.0629. The number of benzene rings is 3. The first-order valence-electron chi connectivity index (χ1n) is 25.4. The van der Waals surface area contributed by atoms with Crippen LogP contribution in [0.15, 0.2) is 18.2 Å². The van der Waals surface area contributed by atoms with Crippen LogP contribution < -0.4 is 24.8 Å². The highest BCUT2D eigenvalue weighted by Crippen LogP contribution is 2.72. The molecule has 0 bridgehead atoms. The van der Waals surface area contributed by atoms with Crippen molar-refractivity contribution in [2.75, 3.05) is 4.90 Å². The van der Waals surface area contributed by atoms with Crippen molar-refractivity contribution < 1.29 is 14.6 Å². The standard InChI is InChI=1S/C59H84N2O3.C2H6.CH3/c1-31-28-29-34(35(30-31)47(62)63)38-36-32(2)39-43-41(50(8,9)54(16,17)58(24,25)60(43)56(20,21)52(12,13)48(39,4)5)45(36)64-46-37(38)33(3)40-44-42(46)51(10,11)55(18,19)59(26,27)61(44)57(22,23)53(14,15)49(40,6)7;1-2;/h28-30H,1-27H3;1-2H3;1H3/q;;-1/p+1. The Kier molecular flexibility index (Phi) is 11.1. The van der Waals surface area contributed by atoms with Crippen molar-refractivity contribution >= 4 is 17.2 Å². The first-order chi connectivity index (χ1) is 29.5. The Morgan fingerprint density at radius 3 is 1.42 bits per heavy atom. The fourth-order valence-electron chi connectivity index (χ4n) is 15.1. The lowest BCUT2D eigenvalue weighted by Gasteiger charge is -2.73. The van der Waals surface area contributed by atoms with Gasteiger partial charge in [-0.05, 0) is 93.0 Å². The summed E-state index contributed by atoms with van der Waals surface area (Å²) < 4.78 is 11.0. The summed E-state index contributed by atoms with van der Waals surface area (Å²) in [6.45, 7) is 69.9. The number of hydrogen-bond acceptors (Lipinski definition) is 3. The summed E-state index contributed by atoms with van der Waals surface area (Å²) in [5.74, 6) is 0.886. The van der Waals surface area contributed by atoms with E-state index in [1.54, 1.807) is 0 Å². The number of carboxylic acids is 1. The maximum atomic E-state index is 13.8. The topological polar surface area (TPSA) is 52.8 Å². The number of aryl methyl sites for hydroxylation is 1. The van der Waals surface area contributed by atoms with E-state index in [4.69, 9.17) is 4.74 Å². The summed E-state index contributed by atoms with van der Waals surface area (Å²) in [6, 6.07) is 6.10. The predicted molar refractivity (Wildman–Crippen MR) is 286 cm³/mol. The summed E-state index contributed by atoms with van der Waals surface area (Å²) in [5.41, 5.74) is 9.69. The summed E-state index contributed by atoms with van der Waals surface area (Å²) in [6.07, 6.45) is 0. The molecule has 0 unspecified atom stereocenters. The third kappa shape index (κ3) is 5.40. The second kappa shape index (κ2) is 14.0. The average molecular weight is 915 g/mol. The van der Waals surface area contributed by atoms with Gasteiger partial charge in [0.25, 0.3) is 0 Å². The van der Waals surface area contributed by atoms with Gasteiger partial charge in [-0.3, -0.25) is 0 Å². The van der Waals surface area contributed by atoms with E-state index in [1.165, 1.54) is 44.4 Å². The minimum atomic E-state index is -0.912. The summed E-state index contributed by atoms with van der Waals surface area (Å²) in [4.78, 5) is 16.6. The number of carbonyl (C=O) groups is 1. The molecule has 0 aliphatic carbocycles. The van der Waals surface area contributed by atoms with Crippen LogP contribution in [0.25, 0.3) is 5.57 Å². The van der Waals surface area contributed by atoms with Crippen molar-refractivity contribution in [2.45, 2.75) is 245 Å². The minimum Gasteiger partial charge on any atom is -0.478 e. The molecule has 0 saturated heterocycles. The molecule has 0 radical (unpaired) electrons. The van der Waals surface area contributed by atoms with Crippen LogP contribution in [-0.2, 0) is 21.7 Å². The molecule has 0 saturated carbocycles. The van der Waals surface area contributed by atoms with Gasteiger partial charge in [-0.25, -0.2) is 9.37 Å². The Morgan fingerprint density at radius 2 is 0.970 bits per heavy atom. The Bertz CT molecular complexity index is 2790. The van der Waals surface area contributed by atoms with E-state index in [-0.39, 0.29) is 72.9 Å². The molecule has 0 spiro atoms. The lowest BCUT2D eigenvalue weighted by Crippen LogP contribution is -2.79.